The van der Waals surface area contributed by atoms with Gasteiger partial charge in [0.05, 0.1) is 30.5 Å². The van der Waals surface area contributed by atoms with Gasteiger partial charge in [0, 0.05) is 24.2 Å². The van der Waals surface area contributed by atoms with Crippen molar-refractivity contribution in [1.82, 2.24) is 14.9 Å². The van der Waals surface area contributed by atoms with Gasteiger partial charge in [0.15, 0.2) is 0 Å². The average Bonchev–Trinajstić information content (AvgIpc) is 2.74. The number of hydrogen-bond acceptors (Lipinski definition) is 6. The molecule has 156 valence electrons. The first-order valence-electron chi connectivity index (χ1n) is 9.87. The summed E-state index contributed by atoms with van der Waals surface area (Å²) in [6, 6.07) is 13.7. The first-order chi connectivity index (χ1) is 14.6. The Morgan fingerprint density at radius 1 is 1.20 bits per heavy atom. The Hall–Kier alpha value is -2.55. The van der Waals surface area contributed by atoms with E-state index in [2.05, 4.69) is 10.2 Å². The van der Waals surface area contributed by atoms with Crippen molar-refractivity contribution in [3.05, 3.63) is 60.2 Å². The third-order valence-corrected chi connectivity index (χ3v) is 5.94. The quantitative estimate of drug-likeness (QED) is 0.479. The summed E-state index contributed by atoms with van der Waals surface area (Å²) >= 11 is 1.38. The molecule has 1 saturated heterocycles. The van der Waals surface area contributed by atoms with Gasteiger partial charge < -0.3 is 10.1 Å². The lowest BCUT2D eigenvalue weighted by molar-refractivity contribution is -0.115. The number of amides is 1. The van der Waals surface area contributed by atoms with E-state index in [1.54, 1.807) is 12.1 Å². The van der Waals surface area contributed by atoms with E-state index < -0.39 is 5.25 Å². The number of hydrogen-bond donors (Lipinski definition) is 1. The van der Waals surface area contributed by atoms with Crippen molar-refractivity contribution in [2.24, 2.45) is 0 Å². The summed E-state index contributed by atoms with van der Waals surface area (Å²) < 4.78 is 18.8. The highest BCUT2D eigenvalue weighted by atomic mass is 32.2. The highest BCUT2D eigenvalue weighted by molar-refractivity contribution is 8.00. The van der Waals surface area contributed by atoms with Gasteiger partial charge in [-0.1, -0.05) is 36.0 Å². The molecule has 4 rings (SSSR count). The summed E-state index contributed by atoms with van der Waals surface area (Å²) in [6.07, 6.45) is 0. The average molecular weight is 427 g/mol. The molecule has 1 amide bonds. The second-order valence-corrected chi connectivity index (χ2v) is 8.44. The standard InChI is InChI=1S/C22H23FN4O2S/c1-15(21(28)24-17-6-4-5-16(23)13-17)30-22-18-7-2-3-8-19(18)25-20(26-22)14-27-9-11-29-12-10-27/h2-8,13,15H,9-12,14H2,1H3,(H,24,28)/t15-/m0/s1. The molecule has 8 heteroatoms. The highest BCUT2D eigenvalue weighted by Gasteiger charge is 2.19. The van der Waals surface area contributed by atoms with Crippen LogP contribution >= 0.6 is 11.8 Å². The summed E-state index contributed by atoms with van der Waals surface area (Å²) in [5.74, 6) is 0.140. The molecule has 0 bridgehead atoms. The van der Waals surface area contributed by atoms with E-state index >= 15 is 0 Å². The van der Waals surface area contributed by atoms with Gasteiger partial charge in [-0.05, 0) is 31.2 Å². The summed E-state index contributed by atoms with van der Waals surface area (Å²) in [4.78, 5) is 24.4. The van der Waals surface area contributed by atoms with Crippen molar-refractivity contribution in [2.45, 2.75) is 23.7 Å². The first-order valence-corrected chi connectivity index (χ1v) is 10.8. The summed E-state index contributed by atoms with van der Waals surface area (Å²) in [7, 11) is 0. The maximum absolute atomic E-state index is 13.4. The molecule has 1 aliphatic rings. The Morgan fingerprint density at radius 2 is 2.00 bits per heavy atom. The van der Waals surface area contributed by atoms with Crippen LogP contribution in [0.1, 0.15) is 12.7 Å². The summed E-state index contributed by atoms with van der Waals surface area (Å²) in [6.45, 7) is 5.60. The molecule has 1 aromatic heterocycles. The number of fused-ring (bicyclic) bond motifs is 1. The van der Waals surface area contributed by atoms with Gasteiger partial charge in [0.25, 0.3) is 0 Å². The molecule has 1 atom stereocenters. The van der Waals surface area contributed by atoms with E-state index in [4.69, 9.17) is 14.7 Å². The van der Waals surface area contributed by atoms with Crippen LogP contribution in [0.5, 0.6) is 0 Å². The molecular weight excluding hydrogens is 403 g/mol. The predicted molar refractivity (Wildman–Crippen MR) is 116 cm³/mol. The smallest absolute Gasteiger partial charge is 0.237 e. The van der Waals surface area contributed by atoms with Crippen LogP contribution in [0.3, 0.4) is 0 Å². The van der Waals surface area contributed by atoms with Crippen molar-refractivity contribution < 1.29 is 13.9 Å². The Balaban J connectivity index is 1.53. The van der Waals surface area contributed by atoms with E-state index in [1.807, 2.05) is 31.2 Å². The van der Waals surface area contributed by atoms with Crippen LogP contribution in [0.15, 0.2) is 53.6 Å². The fourth-order valence-corrected chi connectivity index (χ4v) is 4.20. The molecule has 1 N–H and O–H groups in total. The number of carbonyl (C=O) groups excluding carboxylic acids is 1. The number of thioether (sulfide) groups is 1. The molecule has 0 spiro atoms. The summed E-state index contributed by atoms with van der Waals surface area (Å²) in [5.41, 5.74) is 1.30. The van der Waals surface area contributed by atoms with Crippen LogP contribution < -0.4 is 5.32 Å². The summed E-state index contributed by atoms with van der Waals surface area (Å²) in [5, 5.41) is 4.04. The molecule has 0 radical (unpaired) electrons. The van der Waals surface area contributed by atoms with Crippen LogP contribution in [0.4, 0.5) is 10.1 Å². The third kappa shape index (κ3) is 5.13. The number of carbonyl (C=O) groups is 1. The van der Waals surface area contributed by atoms with Crippen molar-refractivity contribution in [3.8, 4) is 0 Å². The van der Waals surface area contributed by atoms with E-state index in [-0.39, 0.29) is 11.7 Å². The van der Waals surface area contributed by atoms with Crippen LogP contribution in [0.2, 0.25) is 0 Å². The number of ether oxygens (including phenoxy) is 1. The zero-order chi connectivity index (χ0) is 20.9. The van der Waals surface area contributed by atoms with Gasteiger partial charge >= 0.3 is 0 Å². The third-order valence-electron chi connectivity index (χ3n) is 4.83. The molecule has 3 aromatic rings. The van der Waals surface area contributed by atoms with Crippen molar-refractivity contribution in [3.63, 3.8) is 0 Å². The number of nitrogens with zero attached hydrogens (tertiary/aromatic N) is 3. The molecular formula is C22H23FN4O2S. The fourth-order valence-electron chi connectivity index (χ4n) is 3.24. The number of halogens is 1. The maximum Gasteiger partial charge on any atom is 0.237 e. The molecule has 2 heterocycles. The first kappa shape index (κ1) is 20.7. The van der Waals surface area contributed by atoms with E-state index in [1.165, 1.54) is 23.9 Å². The van der Waals surface area contributed by atoms with Gasteiger partial charge in [0.2, 0.25) is 5.91 Å². The van der Waals surface area contributed by atoms with Gasteiger partial charge in [-0.25, -0.2) is 14.4 Å². The second kappa shape index (κ2) is 9.51. The zero-order valence-electron chi connectivity index (χ0n) is 16.7. The molecule has 0 unspecified atom stereocenters. The van der Waals surface area contributed by atoms with Crippen LogP contribution in [-0.2, 0) is 16.1 Å². The molecule has 1 fully saturated rings. The van der Waals surface area contributed by atoms with Crippen LogP contribution in [0.25, 0.3) is 10.9 Å². The molecule has 30 heavy (non-hydrogen) atoms. The topological polar surface area (TPSA) is 67.3 Å². The Labute approximate surface area is 178 Å². The number of aromatic nitrogens is 2. The predicted octanol–water partition coefficient (Wildman–Crippen LogP) is 3.72. The Morgan fingerprint density at radius 3 is 2.80 bits per heavy atom. The molecule has 0 aliphatic carbocycles. The number of rotatable bonds is 6. The zero-order valence-corrected chi connectivity index (χ0v) is 17.5. The lowest BCUT2D eigenvalue weighted by Gasteiger charge is -2.26. The number of para-hydroxylation sites is 1. The fraction of sp³-hybridized carbons (Fsp3) is 0.318. The van der Waals surface area contributed by atoms with E-state index in [0.29, 0.717) is 25.4 Å². The van der Waals surface area contributed by atoms with Gasteiger partial charge in [-0.2, -0.15) is 0 Å². The van der Waals surface area contributed by atoms with Crippen LogP contribution in [0, 0.1) is 5.82 Å². The van der Waals surface area contributed by atoms with E-state index in [0.717, 1.165) is 34.8 Å². The van der Waals surface area contributed by atoms with Crippen LogP contribution in [-0.4, -0.2) is 52.3 Å². The SMILES string of the molecule is C[C@H](Sc1nc(CN2CCOCC2)nc2ccccc12)C(=O)Nc1cccc(F)c1. The normalized spacial score (nSPS) is 15.8. The molecule has 6 nitrogen and oxygen atoms in total. The van der Waals surface area contributed by atoms with Gasteiger partial charge in [-0.3, -0.25) is 9.69 Å². The number of benzene rings is 2. The van der Waals surface area contributed by atoms with E-state index in [9.17, 15) is 9.18 Å². The van der Waals surface area contributed by atoms with Crippen molar-refractivity contribution >= 4 is 34.3 Å². The largest absolute Gasteiger partial charge is 0.379 e. The lowest BCUT2D eigenvalue weighted by atomic mass is 10.2. The Bertz CT molecular complexity index is 1040. The number of anilines is 1. The van der Waals surface area contributed by atoms with Crippen molar-refractivity contribution in [2.75, 3.05) is 31.6 Å². The molecule has 2 aromatic carbocycles. The lowest BCUT2D eigenvalue weighted by Crippen LogP contribution is -2.36. The second-order valence-electron chi connectivity index (χ2n) is 7.11. The molecule has 1 aliphatic heterocycles. The number of nitrogens with one attached hydrogen (secondary N) is 1. The Kier molecular flexibility index (Phi) is 6.56. The van der Waals surface area contributed by atoms with Gasteiger partial charge in [0.1, 0.15) is 16.7 Å². The van der Waals surface area contributed by atoms with Crippen molar-refractivity contribution in [1.29, 1.82) is 0 Å². The minimum atomic E-state index is -0.414. The number of morpholine rings is 1. The maximum atomic E-state index is 13.4. The minimum Gasteiger partial charge on any atom is -0.379 e. The van der Waals surface area contributed by atoms with Gasteiger partial charge in [-0.15, -0.1) is 0 Å². The minimum absolute atomic E-state index is 0.206. The highest BCUT2D eigenvalue weighted by Crippen LogP contribution is 2.29. The molecule has 0 saturated carbocycles. The monoisotopic (exact) mass is 426 g/mol.